The van der Waals surface area contributed by atoms with Gasteiger partial charge in [0.1, 0.15) is 18.2 Å². The van der Waals surface area contributed by atoms with Crippen molar-refractivity contribution >= 4 is 11.6 Å². The maximum atomic E-state index is 5.15. The van der Waals surface area contributed by atoms with Crippen LogP contribution >= 0.6 is 0 Å². The zero-order valence-electron chi connectivity index (χ0n) is 13.5. The lowest BCUT2D eigenvalue weighted by Crippen LogP contribution is -2.24. The van der Waals surface area contributed by atoms with Crippen LogP contribution in [0.4, 0.5) is 11.6 Å². The quantitative estimate of drug-likeness (QED) is 0.807. The van der Waals surface area contributed by atoms with Crippen LogP contribution in [-0.2, 0) is 11.3 Å². The summed E-state index contributed by atoms with van der Waals surface area (Å²) < 4.78 is 5.15. The second-order valence-electron chi connectivity index (χ2n) is 5.92. The predicted molar refractivity (Wildman–Crippen MR) is 86.5 cm³/mol. The van der Waals surface area contributed by atoms with Crippen molar-refractivity contribution < 1.29 is 4.74 Å². The van der Waals surface area contributed by atoms with Gasteiger partial charge in [-0.15, -0.1) is 0 Å². The molecule has 118 valence electrons. The van der Waals surface area contributed by atoms with Gasteiger partial charge in [-0.05, 0) is 25.2 Å². The second kappa shape index (κ2) is 8.17. The molecule has 1 aliphatic carbocycles. The summed E-state index contributed by atoms with van der Waals surface area (Å²) in [4.78, 5) is 8.96. The highest BCUT2D eigenvalue weighted by Crippen LogP contribution is 2.29. The second-order valence-corrected chi connectivity index (χ2v) is 5.92. The SMILES string of the molecule is CCNc1cc(NCC2CCCCC2C)nc(COC)n1. The minimum atomic E-state index is 0.438. The molecule has 1 fully saturated rings. The number of ether oxygens (including phenoxy) is 1. The van der Waals surface area contributed by atoms with Crippen LogP contribution in [0.15, 0.2) is 6.07 Å². The molecule has 2 atom stereocenters. The summed E-state index contributed by atoms with van der Waals surface area (Å²) in [5.74, 6) is 4.03. The van der Waals surface area contributed by atoms with Gasteiger partial charge < -0.3 is 15.4 Å². The van der Waals surface area contributed by atoms with Crippen molar-refractivity contribution in [1.82, 2.24) is 9.97 Å². The Morgan fingerprint density at radius 2 is 1.90 bits per heavy atom. The minimum Gasteiger partial charge on any atom is -0.377 e. The van der Waals surface area contributed by atoms with Crippen molar-refractivity contribution in [3.63, 3.8) is 0 Å². The van der Waals surface area contributed by atoms with E-state index in [9.17, 15) is 0 Å². The molecule has 5 nitrogen and oxygen atoms in total. The number of nitrogens with zero attached hydrogens (tertiary/aromatic N) is 2. The molecule has 1 aliphatic rings. The summed E-state index contributed by atoms with van der Waals surface area (Å²) >= 11 is 0. The van der Waals surface area contributed by atoms with Crippen LogP contribution in [-0.4, -0.2) is 30.2 Å². The van der Waals surface area contributed by atoms with Crippen molar-refractivity contribution in [1.29, 1.82) is 0 Å². The molecule has 1 saturated carbocycles. The Morgan fingerprint density at radius 1 is 1.19 bits per heavy atom. The molecule has 0 aromatic carbocycles. The Balaban J connectivity index is 2.00. The van der Waals surface area contributed by atoms with Gasteiger partial charge in [-0.2, -0.15) is 0 Å². The maximum Gasteiger partial charge on any atom is 0.158 e. The van der Waals surface area contributed by atoms with Gasteiger partial charge >= 0.3 is 0 Å². The van der Waals surface area contributed by atoms with Crippen molar-refractivity contribution in [3.8, 4) is 0 Å². The number of rotatable bonds is 7. The Labute approximate surface area is 127 Å². The van der Waals surface area contributed by atoms with Gasteiger partial charge in [-0.25, -0.2) is 9.97 Å². The first-order valence-electron chi connectivity index (χ1n) is 8.07. The Hall–Kier alpha value is -1.36. The molecular formula is C16H28N4O. The molecule has 1 heterocycles. The van der Waals surface area contributed by atoms with Crippen molar-refractivity contribution in [3.05, 3.63) is 11.9 Å². The number of aromatic nitrogens is 2. The average molecular weight is 292 g/mol. The third-order valence-electron chi connectivity index (χ3n) is 4.24. The first-order chi connectivity index (χ1) is 10.2. The van der Waals surface area contributed by atoms with E-state index in [1.165, 1.54) is 25.7 Å². The van der Waals surface area contributed by atoms with Crippen LogP contribution in [0.5, 0.6) is 0 Å². The smallest absolute Gasteiger partial charge is 0.158 e. The zero-order chi connectivity index (χ0) is 15.1. The van der Waals surface area contributed by atoms with E-state index < -0.39 is 0 Å². The zero-order valence-corrected chi connectivity index (χ0v) is 13.5. The lowest BCUT2D eigenvalue weighted by atomic mass is 9.80. The molecule has 0 saturated heterocycles. The van der Waals surface area contributed by atoms with Gasteiger partial charge in [0.05, 0.1) is 0 Å². The summed E-state index contributed by atoms with van der Waals surface area (Å²) in [5, 5.41) is 6.74. The highest BCUT2D eigenvalue weighted by Gasteiger charge is 2.21. The van der Waals surface area contributed by atoms with Gasteiger partial charge in [0, 0.05) is 26.3 Å². The standard InChI is InChI=1S/C16H28N4O/c1-4-17-14-9-15(20-16(19-14)11-21-3)18-10-13-8-6-5-7-12(13)2/h9,12-13H,4-8,10-11H2,1-3H3,(H2,17,18,19,20). The van der Waals surface area contributed by atoms with Crippen molar-refractivity contribution in [2.24, 2.45) is 11.8 Å². The number of hydrogen-bond acceptors (Lipinski definition) is 5. The van der Waals surface area contributed by atoms with E-state index in [1.807, 2.05) is 6.07 Å². The van der Waals surface area contributed by atoms with Crippen LogP contribution in [0.3, 0.4) is 0 Å². The van der Waals surface area contributed by atoms with Crippen LogP contribution in [0.1, 0.15) is 45.4 Å². The fourth-order valence-electron chi connectivity index (χ4n) is 2.98. The van der Waals surface area contributed by atoms with Gasteiger partial charge in [-0.1, -0.05) is 26.2 Å². The highest BCUT2D eigenvalue weighted by molar-refractivity contribution is 5.47. The van der Waals surface area contributed by atoms with Crippen LogP contribution < -0.4 is 10.6 Å². The first-order valence-corrected chi connectivity index (χ1v) is 8.07. The highest BCUT2D eigenvalue weighted by atomic mass is 16.5. The molecule has 21 heavy (non-hydrogen) atoms. The van der Waals surface area contributed by atoms with Crippen LogP contribution in [0, 0.1) is 11.8 Å². The van der Waals surface area contributed by atoms with Crippen molar-refractivity contribution in [2.45, 2.75) is 46.1 Å². The van der Waals surface area contributed by atoms with E-state index in [1.54, 1.807) is 7.11 Å². The lowest BCUT2D eigenvalue weighted by Gasteiger charge is -2.29. The van der Waals surface area contributed by atoms with E-state index >= 15 is 0 Å². The molecule has 0 spiro atoms. The summed E-state index contributed by atoms with van der Waals surface area (Å²) in [5.41, 5.74) is 0. The van der Waals surface area contributed by atoms with Crippen LogP contribution in [0.25, 0.3) is 0 Å². The first kappa shape index (κ1) is 16.0. The molecule has 1 aromatic rings. The van der Waals surface area contributed by atoms with Gasteiger partial charge in [0.25, 0.3) is 0 Å². The van der Waals surface area contributed by atoms with Gasteiger partial charge in [0.2, 0.25) is 0 Å². The van der Waals surface area contributed by atoms with Crippen LogP contribution in [0.2, 0.25) is 0 Å². The average Bonchev–Trinajstić information content (AvgIpc) is 2.47. The lowest BCUT2D eigenvalue weighted by molar-refractivity contribution is 0.178. The van der Waals surface area contributed by atoms with Gasteiger partial charge in [-0.3, -0.25) is 0 Å². The molecule has 0 amide bonds. The summed E-state index contributed by atoms with van der Waals surface area (Å²) in [6.45, 7) is 6.72. The van der Waals surface area contributed by atoms with E-state index in [0.29, 0.717) is 6.61 Å². The number of hydrogen-bond donors (Lipinski definition) is 2. The number of anilines is 2. The summed E-state index contributed by atoms with van der Waals surface area (Å²) in [7, 11) is 1.67. The van der Waals surface area contributed by atoms with Gasteiger partial charge in [0.15, 0.2) is 5.82 Å². The molecule has 2 unspecified atom stereocenters. The molecule has 0 aliphatic heterocycles. The van der Waals surface area contributed by atoms with E-state index in [0.717, 1.165) is 42.4 Å². The van der Waals surface area contributed by atoms with E-state index in [4.69, 9.17) is 4.74 Å². The molecule has 1 aromatic heterocycles. The Morgan fingerprint density at radius 3 is 2.57 bits per heavy atom. The summed E-state index contributed by atoms with van der Waals surface area (Å²) in [6.07, 6.45) is 5.42. The maximum absolute atomic E-state index is 5.15. The third kappa shape index (κ3) is 4.84. The third-order valence-corrected chi connectivity index (χ3v) is 4.24. The summed E-state index contributed by atoms with van der Waals surface area (Å²) in [6, 6.07) is 1.98. The minimum absolute atomic E-state index is 0.438. The molecule has 5 heteroatoms. The molecule has 2 N–H and O–H groups in total. The van der Waals surface area contributed by atoms with Crippen molar-refractivity contribution in [2.75, 3.05) is 30.8 Å². The Bertz CT molecular complexity index is 414. The van der Waals surface area contributed by atoms with E-state index in [-0.39, 0.29) is 0 Å². The monoisotopic (exact) mass is 292 g/mol. The molecular weight excluding hydrogens is 264 g/mol. The molecule has 0 radical (unpaired) electrons. The normalized spacial score (nSPS) is 22.0. The predicted octanol–water partition coefficient (Wildman–Crippen LogP) is 3.29. The number of nitrogens with one attached hydrogen (secondary N) is 2. The van der Waals surface area contributed by atoms with E-state index in [2.05, 4.69) is 34.4 Å². The fourth-order valence-corrected chi connectivity index (χ4v) is 2.98. The fraction of sp³-hybridized carbons (Fsp3) is 0.750. The molecule has 2 rings (SSSR count). The topological polar surface area (TPSA) is 59.1 Å². The largest absolute Gasteiger partial charge is 0.377 e. The number of methoxy groups -OCH3 is 1. The Kier molecular flexibility index (Phi) is 6.23. The molecule has 0 bridgehead atoms.